The summed E-state index contributed by atoms with van der Waals surface area (Å²) in [5, 5.41) is 4.35. The van der Waals surface area contributed by atoms with Gasteiger partial charge in [-0.15, -0.1) is 5.10 Å². The summed E-state index contributed by atoms with van der Waals surface area (Å²) in [4.78, 5) is 27.2. The van der Waals surface area contributed by atoms with E-state index in [0.29, 0.717) is 29.6 Å². The SMILES string of the molecule is COc1ccc(-n2nc(C(=O)N3CCC(F)(F)CC3)nc2-c2ccc(CN)cn2)cn1. The fourth-order valence-electron chi connectivity index (χ4n) is 3.22. The van der Waals surface area contributed by atoms with Crippen LogP contribution in [0.5, 0.6) is 5.88 Å². The van der Waals surface area contributed by atoms with E-state index in [0.717, 1.165) is 5.56 Å². The minimum atomic E-state index is -2.75. The molecule has 9 nitrogen and oxygen atoms in total. The number of methoxy groups -OCH3 is 1. The highest BCUT2D eigenvalue weighted by Crippen LogP contribution is 2.28. The first-order chi connectivity index (χ1) is 14.9. The van der Waals surface area contributed by atoms with Crippen LogP contribution in [0.2, 0.25) is 0 Å². The lowest BCUT2D eigenvalue weighted by Crippen LogP contribution is -2.43. The Labute approximate surface area is 176 Å². The number of rotatable bonds is 5. The molecule has 1 saturated heterocycles. The van der Waals surface area contributed by atoms with Gasteiger partial charge in [0, 0.05) is 44.7 Å². The van der Waals surface area contributed by atoms with Crippen LogP contribution in [-0.4, -0.2) is 61.7 Å². The maximum atomic E-state index is 13.5. The van der Waals surface area contributed by atoms with Crippen LogP contribution in [0.4, 0.5) is 8.78 Å². The van der Waals surface area contributed by atoms with Gasteiger partial charge in [-0.05, 0) is 17.7 Å². The quantitative estimate of drug-likeness (QED) is 0.661. The van der Waals surface area contributed by atoms with Gasteiger partial charge in [-0.3, -0.25) is 9.78 Å². The molecule has 1 aliphatic heterocycles. The monoisotopic (exact) mass is 429 g/mol. The Hall–Kier alpha value is -3.47. The smallest absolute Gasteiger partial charge is 0.293 e. The number of hydrogen-bond donors (Lipinski definition) is 1. The van der Waals surface area contributed by atoms with Crippen molar-refractivity contribution in [2.24, 2.45) is 5.73 Å². The first-order valence-electron chi connectivity index (χ1n) is 9.70. The van der Waals surface area contributed by atoms with E-state index in [9.17, 15) is 13.6 Å². The third kappa shape index (κ3) is 4.36. The van der Waals surface area contributed by atoms with Crippen molar-refractivity contribution < 1.29 is 18.3 Å². The standard InChI is InChI=1S/C20H21F2N7O2/c1-31-16-5-3-14(12-25-16)29-18(15-4-2-13(10-23)11-24-15)26-17(27-29)19(30)28-8-6-20(21,22)7-9-28/h2-5,11-12H,6-10,23H2,1H3. The van der Waals surface area contributed by atoms with Gasteiger partial charge in [0.25, 0.3) is 11.8 Å². The molecule has 1 amide bonds. The van der Waals surface area contributed by atoms with Gasteiger partial charge in [-0.1, -0.05) is 6.07 Å². The first-order valence-corrected chi connectivity index (χ1v) is 9.70. The molecule has 3 aromatic rings. The molecule has 2 N–H and O–H groups in total. The highest BCUT2D eigenvalue weighted by atomic mass is 19.3. The Morgan fingerprint density at radius 1 is 1.16 bits per heavy atom. The van der Waals surface area contributed by atoms with Crippen molar-refractivity contribution in [3.05, 3.63) is 48.0 Å². The number of hydrogen-bond acceptors (Lipinski definition) is 7. The highest BCUT2D eigenvalue weighted by Gasteiger charge is 2.37. The van der Waals surface area contributed by atoms with Crippen LogP contribution in [0.1, 0.15) is 29.0 Å². The zero-order valence-corrected chi connectivity index (χ0v) is 16.8. The van der Waals surface area contributed by atoms with Gasteiger partial charge in [-0.25, -0.2) is 23.4 Å². The fourth-order valence-corrected chi connectivity index (χ4v) is 3.22. The van der Waals surface area contributed by atoms with E-state index < -0.39 is 11.8 Å². The van der Waals surface area contributed by atoms with Crippen molar-refractivity contribution in [2.75, 3.05) is 20.2 Å². The van der Waals surface area contributed by atoms with E-state index in [1.54, 1.807) is 24.4 Å². The molecular weight excluding hydrogens is 408 g/mol. The Morgan fingerprint density at radius 3 is 2.52 bits per heavy atom. The molecule has 0 aliphatic carbocycles. The summed E-state index contributed by atoms with van der Waals surface area (Å²) >= 11 is 0. The van der Waals surface area contributed by atoms with Gasteiger partial charge in [0.1, 0.15) is 5.69 Å². The van der Waals surface area contributed by atoms with Crippen LogP contribution >= 0.6 is 0 Å². The molecule has 4 heterocycles. The van der Waals surface area contributed by atoms with E-state index in [1.165, 1.54) is 22.9 Å². The second kappa shape index (κ2) is 8.34. The van der Waals surface area contributed by atoms with E-state index in [2.05, 4.69) is 20.1 Å². The number of carbonyl (C=O) groups excluding carboxylic acids is 1. The molecule has 0 bridgehead atoms. The van der Waals surface area contributed by atoms with E-state index in [1.807, 2.05) is 6.07 Å². The zero-order valence-electron chi connectivity index (χ0n) is 16.8. The molecule has 0 radical (unpaired) electrons. The van der Waals surface area contributed by atoms with Gasteiger partial charge >= 0.3 is 0 Å². The Balaban J connectivity index is 1.71. The number of pyridine rings is 2. The zero-order chi connectivity index (χ0) is 22.0. The Morgan fingerprint density at radius 2 is 1.94 bits per heavy atom. The number of halogens is 2. The van der Waals surface area contributed by atoms with Crippen molar-refractivity contribution in [3.63, 3.8) is 0 Å². The van der Waals surface area contributed by atoms with Crippen molar-refractivity contribution in [2.45, 2.75) is 25.3 Å². The van der Waals surface area contributed by atoms with Gasteiger partial charge in [0.15, 0.2) is 5.82 Å². The Bertz CT molecular complexity index is 993. The summed E-state index contributed by atoms with van der Waals surface area (Å²) in [7, 11) is 1.50. The second-order valence-corrected chi connectivity index (χ2v) is 7.13. The summed E-state index contributed by atoms with van der Waals surface area (Å²) in [5.41, 5.74) is 7.49. The molecular formula is C20H21F2N7O2. The number of likely N-dealkylation sites (tertiary alicyclic amines) is 1. The molecule has 0 unspecified atom stereocenters. The first kappa shape index (κ1) is 20.8. The second-order valence-electron chi connectivity index (χ2n) is 7.13. The Kier molecular flexibility index (Phi) is 5.59. The molecule has 1 fully saturated rings. The average molecular weight is 429 g/mol. The molecule has 0 aromatic carbocycles. The lowest BCUT2D eigenvalue weighted by molar-refractivity contribution is -0.0496. The van der Waals surface area contributed by atoms with Crippen molar-refractivity contribution in [3.8, 4) is 23.1 Å². The molecule has 1 aliphatic rings. The predicted molar refractivity (Wildman–Crippen MR) is 107 cm³/mol. The van der Waals surface area contributed by atoms with E-state index in [-0.39, 0.29) is 31.8 Å². The van der Waals surface area contributed by atoms with Crippen LogP contribution in [0, 0.1) is 0 Å². The third-order valence-electron chi connectivity index (χ3n) is 5.04. The molecule has 11 heteroatoms. The van der Waals surface area contributed by atoms with Gasteiger partial charge in [-0.2, -0.15) is 0 Å². The number of alkyl halides is 2. The lowest BCUT2D eigenvalue weighted by Gasteiger charge is -2.30. The largest absolute Gasteiger partial charge is 0.481 e. The summed E-state index contributed by atoms with van der Waals surface area (Å²) < 4.78 is 33.5. The van der Waals surface area contributed by atoms with Crippen molar-refractivity contribution in [1.82, 2.24) is 29.6 Å². The highest BCUT2D eigenvalue weighted by molar-refractivity contribution is 5.91. The van der Waals surface area contributed by atoms with Crippen LogP contribution in [-0.2, 0) is 6.54 Å². The summed E-state index contributed by atoms with van der Waals surface area (Å²) in [6, 6.07) is 6.91. The third-order valence-corrected chi connectivity index (χ3v) is 5.04. The number of aromatic nitrogens is 5. The minimum Gasteiger partial charge on any atom is -0.481 e. The summed E-state index contributed by atoms with van der Waals surface area (Å²) in [6.07, 6.45) is 2.39. The lowest BCUT2D eigenvalue weighted by atomic mass is 10.1. The number of piperidine rings is 1. The van der Waals surface area contributed by atoms with Crippen LogP contribution in [0.3, 0.4) is 0 Å². The maximum absolute atomic E-state index is 13.5. The molecule has 3 aromatic heterocycles. The fraction of sp³-hybridized carbons (Fsp3) is 0.350. The minimum absolute atomic E-state index is 0.0523. The van der Waals surface area contributed by atoms with Crippen molar-refractivity contribution in [1.29, 1.82) is 0 Å². The number of ether oxygens (including phenoxy) is 1. The number of nitrogens with zero attached hydrogens (tertiary/aromatic N) is 6. The molecule has 162 valence electrons. The van der Waals surface area contributed by atoms with Crippen LogP contribution in [0.15, 0.2) is 36.7 Å². The predicted octanol–water partition coefficient (Wildman–Crippen LogP) is 2.06. The molecule has 0 spiro atoms. The molecule has 0 saturated carbocycles. The van der Waals surface area contributed by atoms with Crippen molar-refractivity contribution >= 4 is 5.91 Å². The van der Waals surface area contributed by atoms with E-state index >= 15 is 0 Å². The number of nitrogens with two attached hydrogens (primary N) is 1. The van der Waals surface area contributed by atoms with Crippen LogP contribution in [0.25, 0.3) is 17.2 Å². The van der Waals surface area contributed by atoms with Gasteiger partial charge < -0.3 is 15.4 Å². The molecule has 4 rings (SSSR count). The number of amides is 1. The topological polar surface area (TPSA) is 112 Å². The number of carbonyl (C=O) groups is 1. The summed E-state index contributed by atoms with van der Waals surface area (Å²) in [5.74, 6) is -2.61. The van der Waals surface area contributed by atoms with Gasteiger partial charge in [0.2, 0.25) is 11.7 Å². The molecule has 0 atom stereocenters. The summed E-state index contributed by atoms with van der Waals surface area (Å²) in [6.45, 7) is 0.234. The van der Waals surface area contributed by atoms with Crippen LogP contribution < -0.4 is 10.5 Å². The van der Waals surface area contributed by atoms with Gasteiger partial charge in [0.05, 0.1) is 19.0 Å². The maximum Gasteiger partial charge on any atom is 0.293 e. The normalized spacial score (nSPS) is 15.7. The van der Waals surface area contributed by atoms with E-state index in [4.69, 9.17) is 10.5 Å². The molecule has 31 heavy (non-hydrogen) atoms. The average Bonchev–Trinajstić information content (AvgIpc) is 3.24.